The fourth-order valence-corrected chi connectivity index (χ4v) is 4.19. The van der Waals surface area contributed by atoms with E-state index in [1.54, 1.807) is 12.1 Å². The summed E-state index contributed by atoms with van der Waals surface area (Å²) in [4.78, 5) is 2.66. The molecule has 0 aliphatic carbocycles. The van der Waals surface area contributed by atoms with Gasteiger partial charge in [-0.3, -0.25) is 0 Å². The first kappa shape index (κ1) is 15.3. The number of hydrogen-bond acceptors (Lipinski definition) is 4. The first-order chi connectivity index (χ1) is 9.42. The van der Waals surface area contributed by atoms with Crippen molar-refractivity contribution >= 4 is 15.5 Å². The van der Waals surface area contributed by atoms with E-state index in [0.29, 0.717) is 17.2 Å². The molecule has 0 bridgehead atoms. The fraction of sp³-hybridized carbons (Fsp3) is 0.600. The first-order valence-electron chi connectivity index (χ1n) is 7.25. The van der Waals surface area contributed by atoms with E-state index in [-0.39, 0.29) is 11.8 Å². The lowest BCUT2D eigenvalue weighted by molar-refractivity contribution is 0.401. The number of nitrogens with zero attached hydrogens (tertiary/aromatic N) is 1. The molecule has 1 aromatic rings. The lowest BCUT2D eigenvalue weighted by Crippen LogP contribution is -2.46. The summed E-state index contributed by atoms with van der Waals surface area (Å²) >= 11 is 0. The van der Waals surface area contributed by atoms with Crippen molar-refractivity contribution in [3.63, 3.8) is 0 Å². The average molecular weight is 296 g/mol. The highest BCUT2D eigenvalue weighted by Gasteiger charge is 2.22. The van der Waals surface area contributed by atoms with Gasteiger partial charge in [-0.2, -0.15) is 0 Å². The van der Waals surface area contributed by atoms with Crippen LogP contribution in [0.4, 0.5) is 5.69 Å². The Morgan fingerprint density at radius 3 is 2.45 bits per heavy atom. The van der Waals surface area contributed by atoms with Gasteiger partial charge >= 0.3 is 0 Å². The van der Waals surface area contributed by atoms with E-state index in [1.807, 2.05) is 19.1 Å². The molecule has 0 amide bonds. The van der Waals surface area contributed by atoms with Gasteiger partial charge in [0.15, 0.2) is 9.84 Å². The molecule has 2 rings (SSSR count). The zero-order valence-electron chi connectivity index (χ0n) is 12.2. The summed E-state index contributed by atoms with van der Waals surface area (Å²) in [6, 6.07) is 7.42. The van der Waals surface area contributed by atoms with Crippen LogP contribution in [0.1, 0.15) is 26.7 Å². The molecule has 20 heavy (non-hydrogen) atoms. The summed E-state index contributed by atoms with van der Waals surface area (Å²) in [5.41, 5.74) is 7.11. The number of sulfone groups is 1. The largest absolute Gasteiger partial charge is 0.370 e. The molecule has 2 N–H and O–H groups in total. The molecule has 4 nitrogen and oxygen atoms in total. The van der Waals surface area contributed by atoms with E-state index < -0.39 is 9.84 Å². The standard InChI is InChI=1S/C15H24N2O2S/c1-3-8-20(18,19)15-6-4-14(5-7-15)17-10-12(2)9-13(16)11-17/h4-7,12-13H,3,8-11,16H2,1-2H3. The van der Waals surface area contributed by atoms with Crippen molar-refractivity contribution in [1.82, 2.24) is 0 Å². The summed E-state index contributed by atoms with van der Waals surface area (Å²) in [6.07, 6.45) is 1.70. The predicted octanol–water partition coefficient (Wildman–Crippen LogP) is 2.04. The molecule has 1 heterocycles. The summed E-state index contributed by atoms with van der Waals surface area (Å²) in [5, 5.41) is 0. The van der Waals surface area contributed by atoms with Crippen molar-refractivity contribution in [3.8, 4) is 0 Å². The van der Waals surface area contributed by atoms with E-state index in [9.17, 15) is 8.42 Å². The third-order valence-electron chi connectivity index (χ3n) is 3.73. The van der Waals surface area contributed by atoms with E-state index in [1.165, 1.54) is 0 Å². The maximum Gasteiger partial charge on any atom is 0.178 e. The zero-order valence-corrected chi connectivity index (χ0v) is 13.1. The van der Waals surface area contributed by atoms with Crippen LogP contribution in [-0.4, -0.2) is 33.3 Å². The van der Waals surface area contributed by atoms with Crippen molar-refractivity contribution in [2.75, 3.05) is 23.7 Å². The smallest absolute Gasteiger partial charge is 0.178 e. The minimum atomic E-state index is -3.12. The highest BCUT2D eigenvalue weighted by atomic mass is 32.2. The van der Waals surface area contributed by atoms with Crippen LogP contribution in [0.15, 0.2) is 29.2 Å². The average Bonchev–Trinajstić information content (AvgIpc) is 2.38. The molecule has 5 heteroatoms. The Morgan fingerprint density at radius 1 is 1.25 bits per heavy atom. The Bertz CT molecular complexity index is 529. The number of piperidine rings is 1. The third-order valence-corrected chi connectivity index (χ3v) is 5.66. The van der Waals surface area contributed by atoms with Gasteiger partial charge in [-0.25, -0.2) is 8.42 Å². The molecule has 112 valence electrons. The summed E-state index contributed by atoms with van der Waals surface area (Å²) < 4.78 is 24.0. The molecule has 0 radical (unpaired) electrons. The lowest BCUT2D eigenvalue weighted by atomic mass is 9.96. The number of nitrogens with two attached hydrogens (primary N) is 1. The molecule has 1 saturated heterocycles. The Morgan fingerprint density at radius 2 is 1.90 bits per heavy atom. The van der Waals surface area contributed by atoms with Crippen LogP contribution in [-0.2, 0) is 9.84 Å². The van der Waals surface area contributed by atoms with E-state index in [0.717, 1.165) is 25.2 Å². The second-order valence-corrected chi connectivity index (χ2v) is 7.93. The van der Waals surface area contributed by atoms with Crippen LogP contribution in [0.3, 0.4) is 0 Å². The van der Waals surface area contributed by atoms with Gasteiger partial charge in [0.1, 0.15) is 0 Å². The lowest BCUT2D eigenvalue weighted by Gasteiger charge is -2.36. The van der Waals surface area contributed by atoms with Gasteiger partial charge in [-0.1, -0.05) is 13.8 Å². The first-order valence-corrected chi connectivity index (χ1v) is 8.91. The molecule has 2 atom stereocenters. The molecule has 1 fully saturated rings. The Hall–Kier alpha value is -1.07. The predicted molar refractivity (Wildman–Crippen MR) is 82.8 cm³/mol. The topological polar surface area (TPSA) is 63.4 Å². The van der Waals surface area contributed by atoms with Crippen LogP contribution in [0, 0.1) is 5.92 Å². The Balaban J connectivity index is 2.16. The van der Waals surface area contributed by atoms with Crippen LogP contribution in [0.5, 0.6) is 0 Å². The van der Waals surface area contributed by atoms with E-state index >= 15 is 0 Å². The SMILES string of the molecule is CCCS(=O)(=O)c1ccc(N2CC(C)CC(N)C2)cc1. The molecule has 0 aromatic heterocycles. The van der Waals surface area contributed by atoms with Gasteiger partial charge in [0, 0.05) is 24.8 Å². The third kappa shape index (κ3) is 3.52. The minimum absolute atomic E-state index is 0.197. The molecule has 2 unspecified atom stereocenters. The van der Waals surface area contributed by atoms with Gasteiger partial charge in [-0.05, 0) is 43.0 Å². The number of rotatable bonds is 4. The van der Waals surface area contributed by atoms with Crippen LogP contribution in [0.2, 0.25) is 0 Å². The molecular formula is C15H24N2O2S. The van der Waals surface area contributed by atoms with Crippen molar-refractivity contribution in [3.05, 3.63) is 24.3 Å². The summed E-state index contributed by atoms with van der Waals surface area (Å²) in [6.45, 7) is 5.90. The van der Waals surface area contributed by atoms with Crippen molar-refractivity contribution in [2.45, 2.75) is 37.6 Å². The molecule has 1 aliphatic heterocycles. The quantitative estimate of drug-likeness (QED) is 0.923. The van der Waals surface area contributed by atoms with Crippen LogP contribution < -0.4 is 10.6 Å². The summed E-state index contributed by atoms with van der Waals surface area (Å²) in [7, 11) is -3.12. The van der Waals surface area contributed by atoms with E-state index in [2.05, 4.69) is 11.8 Å². The zero-order chi connectivity index (χ0) is 14.8. The molecule has 1 aliphatic rings. The van der Waals surface area contributed by atoms with E-state index in [4.69, 9.17) is 5.73 Å². The molecule has 0 spiro atoms. The van der Waals surface area contributed by atoms with Gasteiger partial charge in [0.25, 0.3) is 0 Å². The normalized spacial score (nSPS) is 23.9. The Kier molecular flexibility index (Phi) is 4.70. The number of hydrogen-bond donors (Lipinski definition) is 1. The minimum Gasteiger partial charge on any atom is -0.370 e. The van der Waals surface area contributed by atoms with Gasteiger partial charge in [0.2, 0.25) is 0 Å². The van der Waals surface area contributed by atoms with Gasteiger partial charge in [0.05, 0.1) is 10.6 Å². The molecular weight excluding hydrogens is 272 g/mol. The van der Waals surface area contributed by atoms with Gasteiger partial charge in [-0.15, -0.1) is 0 Å². The molecule has 0 saturated carbocycles. The fourth-order valence-electron chi connectivity index (χ4n) is 2.86. The highest BCUT2D eigenvalue weighted by Crippen LogP contribution is 2.24. The monoisotopic (exact) mass is 296 g/mol. The van der Waals surface area contributed by atoms with Crippen LogP contribution in [0.25, 0.3) is 0 Å². The maximum atomic E-state index is 12.0. The number of benzene rings is 1. The highest BCUT2D eigenvalue weighted by molar-refractivity contribution is 7.91. The summed E-state index contributed by atoms with van der Waals surface area (Å²) in [5.74, 6) is 0.778. The van der Waals surface area contributed by atoms with Crippen LogP contribution >= 0.6 is 0 Å². The van der Waals surface area contributed by atoms with Crippen molar-refractivity contribution in [1.29, 1.82) is 0 Å². The Labute approximate surface area is 121 Å². The van der Waals surface area contributed by atoms with Crippen molar-refractivity contribution < 1.29 is 8.42 Å². The van der Waals surface area contributed by atoms with Gasteiger partial charge < -0.3 is 10.6 Å². The number of anilines is 1. The second-order valence-electron chi connectivity index (χ2n) is 5.82. The second kappa shape index (κ2) is 6.14. The van der Waals surface area contributed by atoms with Crippen molar-refractivity contribution in [2.24, 2.45) is 11.7 Å². The maximum absolute atomic E-state index is 12.0. The molecule has 1 aromatic carbocycles.